The zero-order chi connectivity index (χ0) is 20.3. The summed E-state index contributed by atoms with van der Waals surface area (Å²) < 4.78 is 36.5. The summed E-state index contributed by atoms with van der Waals surface area (Å²) in [6.45, 7) is 1.60. The predicted molar refractivity (Wildman–Crippen MR) is 101 cm³/mol. The molecule has 146 valence electrons. The summed E-state index contributed by atoms with van der Waals surface area (Å²) >= 11 is 0. The van der Waals surface area contributed by atoms with E-state index in [1.165, 1.54) is 38.4 Å². The van der Waals surface area contributed by atoms with Gasteiger partial charge in [0.05, 0.1) is 10.5 Å². The van der Waals surface area contributed by atoms with E-state index >= 15 is 0 Å². The summed E-state index contributed by atoms with van der Waals surface area (Å²) in [6, 6.07) is 14.9. The van der Waals surface area contributed by atoms with Crippen LogP contribution >= 0.6 is 0 Å². The molecular formula is C19H19N3O5S. The van der Waals surface area contributed by atoms with Gasteiger partial charge in [0.1, 0.15) is 0 Å². The Hall–Kier alpha value is -3.04. The monoisotopic (exact) mass is 401 g/mol. The Morgan fingerprint density at radius 3 is 2.46 bits per heavy atom. The normalized spacial score (nSPS) is 12.7. The topological polar surface area (TPSA) is 103 Å². The fraction of sp³-hybridized carbons (Fsp3) is 0.211. The Kier molecular flexibility index (Phi) is 5.57. The van der Waals surface area contributed by atoms with Crippen LogP contribution < -0.4 is 0 Å². The number of nitrogens with zero attached hydrogens (tertiary/aromatic N) is 3. The summed E-state index contributed by atoms with van der Waals surface area (Å²) in [7, 11) is -0.818. The Bertz CT molecular complexity index is 1080. The van der Waals surface area contributed by atoms with E-state index in [0.717, 1.165) is 9.87 Å². The molecule has 3 aromatic rings. The zero-order valence-corrected chi connectivity index (χ0v) is 16.4. The van der Waals surface area contributed by atoms with Crippen molar-refractivity contribution in [2.45, 2.75) is 17.9 Å². The number of hydrogen-bond donors (Lipinski definition) is 0. The van der Waals surface area contributed by atoms with Gasteiger partial charge in [-0.1, -0.05) is 24.3 Å². The van der Waals surface area contributed by atoms with Gasteiger partial charge in [-0.3, -0.25) is 0 Å². The summed E-state index contributed by atoms with van der Waals surface area (Å²) in [4.78, 5) is 12.4. The molecule has 2 aromatic carbocycles. The third-order valence-electron chi connectivity index (χ3n) is 3.94. The lowest BCUT2D eigenvalue weighted by atomic mass is 10.2. The number of sulfonamides is 1. The molecule has 8 nitrogen and oxygen atoms in total. The first-order valence-corrected chi connectivity index (χ1v) is 9.85. The molecule has 1 atom stereocenters. The van der Waals surface area contributed by atoms with Gasteiger partial charge in [0, 0.05) is 19.7 Å². The molecule has 0 radical (unpaired) electrons. The number of carbonyl (C=O) groups is 1. The van der Waals surface area contributed by atoms with Crippen LogP contribution in [0.2, 0.25) is 0 Å². The van der Waals surface area contributed by atoms with Gasteiger partial charge < -0.3 is 9.15 Å². The zero-order valence-electron chi connectivity index (χ0n) is 15.6. The van der Waals surface area contributed by atoms with Gasteiger partial charge in [0.15, 0.2) is 6.10 Å². The highest BCUT2D eigenvalue weighted by Gasteiger charge is 2.22. The number of aromatic nitrogens is 2. The van der Waals surface area contributed by atoms with Gasteiger partial charge >= 0.3 is 5.97 Å². The standard InChI is InChI=1S/C19H19N3O5S/c1-13(17-20-21-18(27-17)14-8-5-4-6-9-14)26-19(23)15-10-7-11-16(12-15)28(24,25)22(2)3/h4-13H,1-3H3/t13-/m1/s1. The molecule has 0 amide bonds. The first kappa shape index (κ1) is 19.7. The van der Waals surface area contributed by atoms with E-state index in [2.05, 4.69) is 10.2 Å². The molecule has 0 unspecified atom stereocenters. The number of rotatable bonds is 6. The van der Waals surface area contributed by atoms with E-state index in [-0.39, 0.29) is 16.3 Å². The van der Waals surface area contributed by atoms with Gasteiger partial charge in [-0.25, -0.2) is 17.5 Å². The number of carbonyl (C=O) groups excluding carboxylic acids is 1. The van der Waals surface area contributed by atoms with Crippen molar-refractivity contribution in [3.63, 3.8) is 0 Å². The minimum absolute atomic E-state index is 0.00348. The van der Waals surface area contributed by atoms with Crippen LogP contribution in [0.3, 0.4) is 0 Å². The summed E-state index contributed by atoms with van der Waals surface area (Å²) in [6.07, 6.45) is -0.799. The van der Waals surface area contributed by atoms with Crippen molar-refractivity contribution >= 4 is 16.0 Å². The molecule has 9 heteroatoms. The molecule has 0 N–H and O–H groups in total. The maximum absolute atomic E-state index is 12.4. The van der Waals surface area contributed by atoms with Crippen molar-refractivity contribution in [2.75, 3.05) is 14.1 Å². The molecule has 0 bridgehead atoms. The summed E-state index contributed by atoms with van der Waals surface area (Å²) in [5.41, 5.74) is 0.860. The van der Waals surface area contributed by atoms with Crippen molar-refractivity contribution in [1.29, 1.82) is 0 Å². The van der Waals surface area contributed by atoms with Gasteiger partial charge in [0.2, 0.25) is 15.9 Å². The highest BCUT2D eigenvalue weighted by atomic mass is 32.2. The van der Waals surface area contributed by atoms with Crippen molar-refractivity contribution in [2.24, 2.45) is 0 Å². The molecule has 28 heavy (non-hydrogen) atoms. The number of benzene rings is 2. The van der Waals surface area contributed by atoms with E-state index in [4.69, 9.17) is 9.15 Å². The van der Waals surface area contributed by atoms with Gasteiger partial charge in [0.25, 0.3) is 5.89 Å². The SMILES string of the molecule is C[C@@H](OC(=O)c1cccc(S(=O)(=O)N(C)C)c1)c1nnc(-c2ccccc2)o1. The molecule has 0 aliphatic rings. The van der Waals surface area contributed by atoms with Crippen LogP contribution in [0.15, 0.2) is 63.9 Å². The third kappa shape index (κ3) is 4.10. The fourth-order valence-electron chi connectivity index (χ4n) is 2.37. The molecule has 0 aliphatic carbocycles. The second kappa shape index (κ2) is 7.91. The molecule has 1 aromatic heterocycles. The average Bonchev–Trinajstić information content (AvgIpc) is 3.19. The van der Waals surface area contributed by atoms with E-state index in [1.807, 2.05) is 30.3 Å². The van der Waals surface area contributed by atoms with Crippen LogP contribution in [0, 0.1) is 0 Å². The van der Waals surface area contributed by atoms with Crippen LogP contribution in [0.25, 0.3) is 11.5 Å². The van der Waals surface area contributed by atoms with Crippen molar-refractivity contribution in [3.8, 4) is 11.5 Å². The Labute approximate surface area is 162 Å². The molecule has 0 fully saturated rings. The van der Waals surface area contributed by atoms with Crippen LogP contribution in [0.5, 0.6) is 0 Å². The second-order valence-corrected chi connectivity index (χ2v) is 8.33. The smallest absolute Gasteiger partial charge is 0.338 e. The quantitative estimate of drug-likeness (QED) is 0.585. The van der Waals surface area contributed by atoms with Gasteiger partial charge in [-0.2, -0.15) is 0 Å². The van der Waals surface area contributed by atoms with Crippen molar-refractivity contribution < 1.29 is 22.4 Å². The van der Waals surface area contributed by atoms with Crippen LogP contribution in [0.1, 0.15) is 29.3 Å². The highest BCUT2D eigenvalue weighted by Crippen LogP contribution is 2.23. The Morgan fingerprint density at radius 2 is 1.79 bits per heavy atom. The van der Waals surface area contributed by atoms with Crippen LogP contribution in [-0.2, 0) is 14.8 Å². The van der Waals surface area contributed by atoms with Crippen molar-refractivity contribution in [3.05, 3.63) is 66.1 Å². The second-order valence-electron chi connectivity index (χ2n) is 6.17. The minimum atomic E-state index is -3.66. The lowest BCUT2D eigenvalue weighted by molar-refractivity contribution is 0.0279. The van der Waals surface area contributed by atoms with E-state index < -0.39 is 22.1 Å². The summed E-state index contributed by atoms with van der Waals surface area (Å²) in [5, 5.41) is 7.88. The Balaban J connectivity index is 1.76. The first-order chi connectivity index (χ1) is 13.3. The molecule has 0 saturated carbocycles. The predicted octanol–water partition coefficient (Wildman–Crippen LogP) is 2.90. The third-order valence-corrected chi connectivity index (χ3v) is 5.75. The molecular weight excluding hydrogens is 382 g/mol. The molecule has 1 heterocycles. The molecule has 0 spiro atoms. The minimum Gasteiger partial charge on any atom is -0.449 e. The molecule has 3 rings (SSSR count). The first-order valence-electron chi connectivity index (χ1n) is 8.41. The van der Waals surface area contributed by atoms with E-state index in [1.54, 1.807) is 6.92 Å². The van der Waals surface area contributed by atoms with E-state index in [9.17, 15) is 13.2 Å². The largest absolute Gasteiger partial charge is 0.449 e. The fourth-order valence-corrected chi connectivity index (χ4v) is 3.32. The highest BCUT2D eigenvalue weighted by molar-refractivity contribution is 7.89. The molecule has 0 saturated heterocycles. The number of hydrogen-bond acceptors (Lipinski definition) is 7. The maximum atomic E-state index is 12.4. The van der Waals surface area contributed by atoms with Crippen molar-refractivity contribution in [1.82, 2.24) is 14.5 Å². The van der Waals surface area contributed by atoms with E-state index in [0.29, 0.717) is 5.89 Å². The maximum Gasteiger partial charge on any atom is 0.338 e. The van der Waals surface area contributed by atoms with Crippen LogP contribution in [-0.4, -0.2) is 43.0 Å². The average molecular weight is 401 g/mol. The lowest BCUT2D eigenvalue weighted by Crippen LogP contribution is -2.22. The van der Waals surface area contributed by atoms with Crippen LogP contribution in [0.4, 0.5) is 0 Å². The van der Waals surface area contributed by atoms with Gasteiger partial charge in [-0.05, 0) is 37.3 Å². The summed E-state index contributed by atoms with van der Waals surface area (Å²) in [5.74, 6) is -0.232. The molecule has 0 aliphatic heterocycles. The van der Waals surface area contributed by atoms with Gasteiger partial charge in [-0.15, -0.1) is 10.2 Å². The Morgan fingerprint density at radius 1 is 1.07 bits per heavy atom. The lowest BCUT2D eigenvalue weighted by Gasteiger charge is -2.13. The number of ether oxygens (including phenoxy) is 1. The number of esters is 1.